The topological polar surface area (TPSA) is 38.9 Å². The molecule has 4 heteroatoms. The van der Waals surface area contributed by atoms with Crippen molar-refractivity contribution in [1.82, 2.24) is 4.98 Å². The standard InChI is InChI=1S/C8H10Cl2N2/c1-4(2)7-5(9)3-6(11)8(10)12-7/h3-4H,11H2,1-2H3. The van der Waals surface area contributed by atoms with E-state index in [9.17, 15) is 0 Å². The minimum atomic E-state index is 0.260. The van der Waals surface area contributed by atoms with Crippen LogP contribution in [0.25, 0.3) is 0 Å². The van der Waals surface area contributed by atoms with Gasteiger partial charge in [0.1, 0.15) is 0 Å². The lowest BCUT2D eigenvalue weighted by Gasteiger charge is -2.08. The maximum absolute atomic E-state index is 5.90. The molecule has 2 N–H and O–H groups in total. The first kappa shape index (κ1) is 9.62. The Hall–Kier alpha value is -0.470. The lowest BCUT2D eigenvalue weighted by atomic mass is 10.1. The molecule has 0 radical (unpaired) electrons. The molecule has 0 amide bonds. The number of pyridine rings is 1. The van der Waals surface area contributed by atoms with Gasteiger partial charge in [-0.1, -0.05) is 37.0 Å². The summed E-state index contributed by atoms with van der Waals surface area (Å²) in [6.07, 6.45) is 0. The van der Waals surface area contributed by atoms with E-state index < -0.39 is 0 Å². The Kier molecular flexibility index (Phi) is 2.80. The summed E-state index contributed by atoms with van der Waals surface area (Å²) in [5, 5.41) is 0.898. The molecule has 0 bridgehead atoms. The largest absolute Gasteiger partial charge is 0.396 e. The van der Waals surface area contributed by atoms with Gasteiger partial charge in [-0.25, -0.2) is 4.98 Å². The molecule has 1 aromatic rings. The van der Waals surface area contributed by atoms with Crippen LogP contribution in [-0.4, -0.2) is 4.98 Å². The number of anilines is 1. The Morgan fingerprint density at radius 3 is 2.50 bits per heavy atom. The average Bonchev–Trinajstić information content (AvgIpc) is 1.96. The molecule has 12 heavy (non-hydrogen) atoms. The Morgan fingerprint density at radius 2 is 2.00 bits per heavy atom. The SMILES string of the molecule is CC(C)c1nc(Cl)c(N)cc1Cl. The third-order valence-electron chi connectivity index (χ3n) is 1.53. The van der Waals surface area contributed by atoms with Gasteiger partial charge in [0.25, 0.3) is 0 Å². The van der Waals surface area contributed by atoms with Crippen LogP contribution >= 0.6 is 23.2 Å². The van der Waals surface area contributed by atoms with Crippen LogP contribution in [0.5, 0.6) is 0 Å². The van der Waals surface area contributed by atoms with Gasteiger partial charge in [0, 0.05) is 0 Å². The van der Waals surface area contributed by atoms with Gasteiger partial charge in [0.15, 0.2) is 5.15 Å². The molecule has 0 saturated carbocycles. The lowest BCUT2D eigenvalue weighted by molar-refractivity contribution is 0.824. The number of nitrogen functional groups attached to an aromatic ring is 1. The molecule has 0 fully saturated rings. The highest BCUT2D eigenvalue weighted by Gasteiger charge is 2.09. The van der Waals surface area contributed by atoms with Gasteiger partial charge < -0.3 is 5.73 Å². The van der Waals surface area contributed by atoms with Crippen molar-refractivity contribution >= 4 is 28.9 Å². The van der Waals surface area contributed by atoms with Crippen molar-refractivity contribution in [2.75, 3.05) is 5.73 Å². The number of hydrogen-bond acceptors (Lipinski definition) is 2. The zero-order valence-corrected chi connectivity index (χ0v) is 8.45. The molecule has 0 unspecified atom stereocenters. The average molecular weight is 205 g/mol. The Morgan fingerprint density at radius 1 is 1.42 bits per heavy atom. The first-order valence-corrected chi connectivity index (χ1v) is 4.39. The first-order valence-electron chi connectivity index (χ1n) is 3.63. The summed E-state index contributed by atoms with van der Waals surface area (Å²) in [6, 6.07) is 1.63. The molecule has 0 aliphatic heterocycles. The van der Waals surface area contributed by atoms with Crippen molar-refractivity contribution in [1.29, 1.82) is 0 Å². The molecular formula is C8H10Cl2N2. The lowest BCUT2D eigenvalue weighted by Crippen LogP contribution is -1.97. The Labute approximate surface area is 81.7 Å². The van der Waals surface area contributed by atoms with Gasteiger partial charge in [-0.2, -0.15) is 0 Å². The number of hydrogen-bond donors (Lipinski definition) is 1. The maximum atomic E-state index is 5.90. The van der Waals surface area contributed by atoms with Crippen molar-refractivity contribution in [3.63, 3.8) is 0 Å². The minimum Gasteiger partial charge on any atom is -0.396 e. The summed E-state index contributed by atoms with van der Waals surface area (Å²) in [6.45, 7) is 4.00. The van der Waals surface area contributed by atoms with E-state index in [0.717, 1.165) is 5.69 Å². The number of nitrogens with zero attached hydrogens (tertiary/aromatic N) is 1. The zero-order valence-electron chi connectivity index (χ0n) is 6.94. The minimum absolute atomic E-state index is 0.260. The second-order valence-corrected chi connectivity index (χ2v) is 3.66. The molecule has 1 aromatic heterocycles. The first-order chi connectivity index (χ1) is 5.52. The van der Waals surface area contributed by atoms with E-state index in [0.29, 0.717) is 15.9 Å². The molecule has 66 valence electrons. The Bertz CT molecular complexity index is 297. The van der Waals surface area contributed by atoms with E-state index in [1.165, 1.54) is 0 Å². The van der Waals surface area contributed by atoms with Crippen molar-refractivity contribution in [2.45, 2.75) is 19.8 Å². The molecule has 2 nitrogen and oxygen atoms in total. The predicted octanol–water partition coefficient (Wildman–Crippen LogP) is 3.09. The van der Waals surface area contributed by atoms with Gasteiger partial charge in [-0.3, -0.25) is 0 Å². The summed E-state index contributed by atoms with van der Waals surface area (Å²) < 4.78 is 0. The highest BCUT2D eigenvalue weighted by molar-refractivity contribution is 6.34. The van der Waals surface area contributed by atoms with Gasteiger partial charge in [0.05, 0.1) is 16.4 Å². The van der Waals surface area contributed by atoms with Crippen LogP contribution < -0.4 is 5.73 Å². The van der Waals surface area contributed by atoms with Gasteiger partial charge >= 0.3 is 0 Å². The van der Waals surface area contributed by atoms with Crippen LogP contribution in [-0.2, 0) is 0 Å². The molecule has 1 rings (SSSR count). The van der Waals surface area contributed by atoms with E-state index in [2.05, 4.69) is 4.98 Å². The quantitative estimate of drug-likeness (QED) is 0.715. The highest BCUT2D eigenvalue weighted by atomic mass is 35.5. The third kappa shape index (κ3) is 1.82. The monoisotopic (exact) mass is 204 g/mol. The molecule has 0 aliphatic rings. The van der Waals surface area contributed by atoms with Crippen molar-refractivity contribution in [3.8, 4) is 0 Å². The molecular weight excluding hydrogens is 195 g/mol. The van der Waals surface area contributed by atoms with Gasteiger partial charge in [0.2, 0.25) is 0 Å². The van der Waals surface area contributed by atoms with Crippen molar-refractivity contribution in [3.05, 3.63) is 21.9 Å². The Balaban J connectivity index is 3.23. The van der Waals surface area contributed by atoms with E-state index in [1.807, 2.05) is 13.8 Å². The second-order valence-electron chi connectivity index (χ2n) is 2.89. The smallest absolute Gasteiger partial charge is 0.152 e. The zero-order chi connectivity index (χ0) is 9.30. The second kappa shape index (κ2) is 3.50. The van der Waals surface area contributed by atoms with Crippen LogP contribution in [0.1, 0.15) is 25.5 Å². The summed E-state index contributed by atoms with van der Waals surface area (Å²) in [5.41, 5.74) is 6.72. The van der Waals surface area contributed by atoms with Crippen LogP contribution in [0, 0.1) is 0 Å². The molecule has 1 heterocycles. The summed E-state index contributed by atoms with van der Waals surface area (Å²) in [5.74, 6) is 0.260. The summed E-state index contributed by atoms with van der Waals surface area (Å²) in [4.78, 5) is 4.08. The van der Waals surface area contributed by atoms with Crippen LogP contribution in [0.4, 0.5) is 5.69 Å². The molecule has 0 atom stereocenters. The highest BCUT2D eigenvalue weighted by Crippen LogP contribution is 2.27. The molecule has 0 spiro atoms. The van der Waals surface area contributed by atoms with E-state index in [1.54, 1.807) is 6.07 Å². The van der Waals surface area contributed by atoms with Crippen LogP contribution in [0.15, 0.2) is 6.07 Å². The molecule has 0 aliphatic carbocycles. The number of rotatable bonds is 1. The van der Waals surface area contributed by atoms with Crippen LogP contribution in [0.2, 0.25) is 10.2 Å². The van der Waals surface area contributed by atoms with Gasteiger partial charge in [-0.15, -0.1) is 0 Å². The molecule has 0 saturated heterocycles. The molecule has 0 aromatic carbocycles. The fraction of sp³-hybridized carbons (Fsp3) is 0.375. The number of halogens is 2. The third-order valence-corrected chi connectivity index (χ3v) is 2.14. The van der Waals surface area contributed by atoms with E-state index >= 15 is 0 Å². The van der Waals surface area contributed by atoms with Crippen LogP contribution in [0.3, 0.4) is 0 Å². The van der Waals surface area contributed by atoms with Crippen molar-refractivity contribution in [2.24, 2.45) is 0 Å². The van der Waals surface area contributed by atoms with Gasteiger partial charge in [-0.05, 0) is 12.0 Å². The van der Waals surface area contributed by atoms with Crippen molar-refractivity contribution < 1.29 is 0 Å². The number of nitrogens with two attached hydrogens (primary N) is 1. The fourth-order valence-electron chi connectivity index (χ4n) is 0.899. The number of aromatic nitrogens is 1. The normalized spacial score (nSPS) is 10.8. The predicted molar refractivity (Wildman–Crippen MR) is 52.8 cm³/mol. The summed E-state index contributed by atoms with van der Waals surface area (Å²) >= 11 is 11.6. The fourth-order valence-corrected chi connectivity index (χ4v) is 1.42. The van der Waals surface area contributed by atoms with E-state index in [-0.39, 0.29) is 5.92 Å². The summed E-state index contributed by atoms with van der Waals surface area (Å²) in [7, 11) is 0. The van der Waals surface area contributed by atoms with E-state index in [4.69, 9.17) is 28.9 Å². The maximum Gasteiger partial charge on any atom is 0.152 e.